The second-order valence-corrected chi connectivity index (χ2v) is 11.8. The molecule has 1 saturated heterocycles. The summed E-state index contributed by atoms with van der Waals surface area (Å²) in [7, 11) is 1.72. The number of pyridine rings is 1. The van der Waals surface area contributed by atoms with Crippen LogP contribution in [-0.4, -0.2) is 64.1 Å². The van der Waals surface area contributed by atoms with Crippen LogP contribution in [0, 0.1) is 23.2 Å². The predicted octanol–water partition coefficient (Wildman–Crippen LogP) is 4.33. The Morgan fingerprint density at radius 3 is 2.81 bits per heavy atom. The lowest BCUT2D eigenvalue weighted by molar-refractivity contribution is -0.121. The zero-order valence-corrected chi connectivity index (χ0v) is 25.1. The van der Waals surface area contributed by atoms with E-state index in [4.69, 9.17) is 31.2 Å². The number of nitriles is 1. The molecule has 2 aliphatic heterocycles. The van der Waals surface area contributed by atoms with Crippen LogP contribution >= 0.6 is 11.6 Å². The van der Waals surface area contributed by atoms with E-state index in [1.54, 1.807) is 12.0 Å². The zero-order chi connectivity index (χ0) is 30.1. The Bertz CT molecular complexity index is 1700. The third kappa shape index (κ3) is 5.66. The Morgan fingerprint density at radius 1 is 1.26 bits per heavy atom. The highest BCUT2D eigenvalue weighted by Gasteiger charge is 2.31. The first-order chi connectivity index (χ1) is 20.9. The molecule has 1 aromatic carbocycles. The highest BCUT2D eigenvalue weighted by atomic mass is 35.5. The van der Waals surface area contributed by atoms with Crippen LogP contribution in [0.2, 0.25) is 5.02 Å². The molecule has 1 amide bonds. The molecule has 2 aliphatic rings. The number of ether oxygens (including phenoxy) is 2. The van der Waals surface area contributed by atoms with Gasteiger partial charge in [-0.15, -0.1) is 0 Å². The molecule has 11 nitrogen and oxygen atoms in total. The van der Waals surface area contributed by atoms with Gasteiger partial charge in [0, 0.05) is 42.9 Å². The van der Waals surface area contributed by atoms with Crippen molar-refractivity contribution in [3.8, 4) is 22.9 Å². The van der Waals surface area contributed by atoms with Gasteiger partial charge in [-0.3, -0.25) is 9.69 Å². The number of aromatic nitrogens is 5. The summed E-state index contributed by atoms with van der Waals surface area (Å²) in [5.74, 6) is 1.34. The number of halogens is 1. The number of hydrogen-bond acceptors (Lipinski definition) is 9. The minimum absolute atomic E-state index is 0.111. The molecule has 6 rings (SSSR count). The highest BCUT2D eigenvalue weighted by molar-refractivity contribution is 6.30. The molecule has 4 aromatic rings. The van der Waals surface area contributed by atoms with Crippen molar-refractivity contribution in [3.05, 3.63) is 58.9 Å². The van der Waals surface area contributed by atoms with Gasteiger partial charge in [-0.2, -0.15) is 10.4 Å². The highest BCUT2D eigenvalue weighted by Crippen LogP contribution is 2.41. The number of piperidine rings is 1. The van der Waals surface area contributed by atoms with Gasteiger partial charge in [-0.1, -0.05) is 31.5 Å². The predicted molar refractivity (Wildman–Crippen MR) is 162 cm³/mol. The number of methoxy groups -OCH3 is 1. The average molecular weight is 601 g/mol. The quantitative estimate of drug-likeness (QED) is 0.314. The topological polar surface area (TPSA) is 131 Å². The Kier molecular flexibility index (Phi) is 8.25. The standard InChI is InChI=1S/C31H33ClN8O3/c1-18(2)8-24-22(10-33)30(23-14-37-40(31(23)38-24)25-6-7-34-11-20(25)16-42-3)19-4-5-26-27(9-19)43-17-29(41)39(26)15-28-35-12-21(32)13-36-28/h4-5,9,12-14,18,20,25,34H,6-8,11,15-17H2,1-3H3. The van der Waals surface area contributed by atoms with E-state index in [9.17, 15) is 10.1 Å². The van der Waals surface area contributed by atoms with E-state index in [0.29, 0.717) is 46.8 Å². The fourth-order valence-corrected chi connectivity index (χ4v) is 6.11. The second kappa shape index (κ2) is 12.2. The van der Waals surface area contributed by atoms with Gasteiger partial charge in [-0.25, -0.2) is 19.6 Å². The maximum atomic E-state index is 12.9. The van der Waals surface area contributed by atoms with Crippen molar-refractivity contribution in [2.24, 2.45) is 11.8 Å². The first kappa shape index (κ1) is 29.0. The number of rotatable bonds is 8. The molecule has 2 unspecified atom stereocenters. The molecule has 222 valence electrons. The molecular weight excluding hydrogens is 568 g/mol. The van der Waals surface area contributed by atoms with Crippen LogP contribution in [0.25, 0.3) is 22.2 Å². The van der Waals surface area contributed by atoms with Gasteiger partial charge in [0.15, 0.2) is 12.3 Å². The lowest BCUT2D eigenvalue weighted by Crippen LogP contribution is -2.40. The lowest BCUT2D eigenvalue weighted by atomic mass is 9.92. The molecule has 2 atom stereocenters. The summed E-state index contributed by atoms with van der Waals surface area (Å²) >= 11 is 5.94. The van der Waals surface area contributed by atoms with Crippen molar-refractivity contribution in [2.45, 2.75) is 39.3 Å². The summed E-state index contributed by atoms with van der Waals surface area (Å²) in [5.41, 5.74) is 4.20. The van der Waals surface area contributed by atoms with Gasteiger partial charge in [0.1, 0.15) is 17.6 Å². The van der Waals surface area contributed by atoms with Crippen LogP contribution in [0.3, 0.4) is 0 Å². The monoisotopic (exact) mass is 600 g/mol. The number of amides is 1. The van der Waals surface area contributed by atoms with E-state index in [-0.39, 0.29) is 31.0 Å². The smallest absolute Gasteiger partial charge is 0.265 e. The van der Waals surface area contributed by atoms with Crippen LogP contribution in [0.15, 0.2) is 36.8 Å². The van der Waals surface area contributed by atoms with Gasteiger partial charge in [-0.05, 0) is 43.0 Å². The van der Waals surface area contributed by atoms with E-state index in [1.165, 1.54) is 12.4 Å². The SMILES string of the molecule is COCC1CNCCC1n1ncc2c(-c3ccc4c(c3)OCC(=O)N4Cc3ncc(Cl)cn3)c(C#N)c(CC(C)C)nc21. The van der Waals surface area contributed by atoms with E-state index >= 15 is 0 Å². The fourth-order valence-electron chi connectivity index (χ4n) is 6.01. The van der Waals surface area contributed by atoms with Crippen LogP contribution < -0.4 is 15.0 Å². The van der Waals surface area contributed by atoms with Gasteiger partial charge in [0.05, 0.1) is 47.4 Å². The molecule has 0 saturated carbocycles. The molecule has 12 heteroatoms. The second-order valence-electron chi connectivity index (χ2n) is 11.4. The summed E-state index contributed by atoms with van der Waals surface area (Å²) in [6, 6.07) is 8.21. The Morgan fingerprint density at radius 2 is 2.07 bits per heavy atom. The van der Waals surface area contributed by atoms with E-state index in [0.717, 1.165) is 47.4 Å². The number of nitrogens with one attached hydrogen (secondary N) is 1. The third-order valence-corrected chi connectivity index (χ3v) is 8.15. The van der Waals surface area contributed by atoms with Gasteiger partial charge in [0.2, 0.25) is 0 Å². The summed E-state index contributed by atoms with van der Waals surface area (Å²) in [6.45, 7) is 6.63. The van der Waals surface area contributed by atoms with E-state index < -0.39 is 0 Å². The lowest BCUT2D eigenvalue weighted by Gasteiger charge is -2.32. The first-order valence-corrected chi connectivity index (χ1v) is 14.8. The molecule has 5 heterocycles. The summed E-state index contributed by atoms with van der Waals surface area (Å²) < 4.78 is 13.5. The molecule has 1 fully saturated rings. The Hall–Kier alpha value is -4.11. The van der Waals surface area contributed by atoms with Gasteiger partial charge < -0.3 is 14.8 Å². The third-order valence-electron chi connectivity index (χ3n) is 7.96. The summed E-state index contributed by atoms with van der Waals surface area (Å²) in [4.78, 5) is 28.1. The number of fused-ring (bicyclic) bond motifs is 2. The molecule has 0 aliphatic carbocycles. The van der Waals surface area contributed by atoms with Crippen molar-refractivity contribution in [1.82, 2.24) is 30.0 Å². The van der Waals surface area contributed by atoms with Gasteiger partial charge >= 0.3 is 0 Å². The van der Waals surface area contributed by atoms with Crippen LogP contribution in [-0.2, 0) is 22.5 Å². The number of anilines is 1. The van der Waals surface area contributed by atoms with Crippen LogP contribution in [0.5, 0.6) is 5.75 Å². The Balaban J connectivity index is 1.47. The normalized spacial score (nSPS) is 18.5. The largest absolute Gasteiger partial charge is 0.482 e. The van der Waals surface area contributed by atoms with Crippen LogP contribution in [0.1, 0.15) is 43.4 Å². The van der Waals surface area contributed by atoms with Gasteiger partial charge in [0.25, 0.3) is 5.91 Å². The van der Waals surface area contributed by atoms with Crippen molar-refractivity contribution in [3.63, 3.8) is 0 Å². The number of carbonyl (C=O) groups excluding carboxylic acids is 1. The first-order valence-electron chi connectivity index (χ1n) is 14.4. The average Bonchev–Trinajstić information content (AvgIpc) is 3.42. The van der Waals surface area contributed by atoms with Crippen molar-refractivity contribution < 1.29 is 14.3 Å². The maximum Gasteiger partial charge on any atom is 0.265 e. The summed E-state index contributed by atoms with van der Waals surface area (Å²) in [6.07, 6.45) is 6.38. The Labute approximate surface area is 254 Å². The molecule has 3 aromatic heterocycles. The van der Waals surface area contributed by atoms with Crippen molar-refractivity contribution in [1.29, 1.82) is 5.26 Å². The zero-order valence-electron chi connectivity index (χ0n) is 24.4. The van der Waals surface area contributed by atoms with E-state index in [2.05, 4.69) is 35.2 Å². The molecule has 0 radical (unpaired) electrons. The van der Waals surface area contributed by atoms with Crippen molar-refractivity contribution in [2.75, 3.05) is 38.3 Å². The maximum absolute atomic E-state index is 12.9. The minimum Gasteiger partial charge on any atom is -0.482 e. The molecule has 0 bridgehead atoms. The summed E-state index contributed by atoms with van der Waals surface area (Å²) in [5, 5.41) is 20.0. The number of carbonyl (C=O) groups is 1. The number of hydrogen-bond donors (Lipinski definition) is 1. The molecule has 0 spiro atoms. The molecular formula is C31H33ClN8O3. The molecule has 1 N–H and O–H groups in total. The van der Waals surface area contributed by atoms with E-state index in [1.807, 2.05) is 29.1 Å². The van der Waals surface area contributed by atoms with Crippen molar-refractivity contribution >= 4 is 34.2 Å². The number of nitrogens with zero attached hydrogens (tertiary/aromatic N) is 7. The fraction of sp³-hybridized carbons (Fsp3) is 0.419. The minimum atomic E-state index is -0.198. The molecule has 43 heavy (non-hydrogen) atoms. The van der Waals surface area contributed by atoms with Crippen LogP contribution in [0.4, 0.5) is 5.69 Å². The number of benzene rings is 1.